The minimum absolute atomic E-state index is 0.0125. The highest BCUT2D eigenvalue weighted by molar-refractivity contribution is 7.99. The van der Waals surface area contributed by atoms with E-state index in [0.717, 1.165) is 16.2 Å². The van der Waals surface area contributed by atoms with Crippen molar-refractivity contribution in [2.45, 2.75) is 30.2 Å². The molecular formula is C27H27N3O4S. The average Bonchev–Trinajstić information content (AvgIpc) is 2.87. The van der Waals surface area contributed by atoms with E-state index in [4.69, 9.17) is 4.74 Å². The van der Waals surface area contributed by atoms with Crippen LogP contribution in [0.15, 0.2) is 95.8 Å². The first kappa shape index (κ1) is 24.5. The fraction of sp³-hybridized carbons (Fsp3) is 0.259. The predicted octanol–water partition coefficient (Wildman–Crippen LogP) is 5.45. The van der Waals surface area contributed by atoms with Gasteiger partial charge < -0.3 is 10.1 Å². The molecule has 0 amide bonds. The lowest BCUT2D eigenvalue weighted by atomic mass is 9.68. The zero-order valence-corrected chi connectivity index (χ0v) is 20.4. The van der Waals surface area contributed by atoms with E-state index < -0.39 is 22.3 Å². The molecule has 0 spiro atoms. The number of nitro benzene ring substituents is 1. The van der Waals surface area contributed by atoms with Crippen molar-refractivity contribution < 1.29 is 14.5 Å². The van der Waals surface area contributed by atoms with Gasteiger partial charge in [0.25, 0.3) is 5.69 Å². The molecule has 0 radical (unpaired) electrons. The summed E-state index contributed by atoms with van der Waals surface area (Å²) >= 11 is 1.62. The number of nitrogens with zero attached hydrogens (tertiary/aromatic N) is 2. The van der Waals surface area contributed by atoms with Gasteiger partial charge in [0.1, 0.15) is 6.61 Å². The van der Waals surface area contributed by atoms with Crippen molar-refractivity contribution in [3.8, 4) is 0 Å². The number of non-ortho nitro benzene ring substituents is 1. The highest BCUT2D eigenvalue weighted by atomic mass is 32.2. The molecule has 3 atom stereocenters. The molecule has 3 unspecified atom stereocenters. The predicted molar refractivity (Wildman–Crippen MR) is 136 cm³/mol. The van der Waals surface area contributed by atoms with E-state index in [9.17, 15) is 14.9 Å². The zero-order valence-electron chi connectivity index (χ0n) is 19.6. The third kappa shape index (κ3) is 5.54. The number of hydrogen-bond donors (Lipinski definition) is 1. The molecule has 180 valence electrons. The summed E-state index contributed by atoms with van der Waals surface area (Å²) in [6, 6.07) is 20.2. The fourth-order valence-corrected chi connectivity index (χ4v) is 5.35. The number of pyridine rings is 1. The van der Waals surface area contributed by atoms with E-state index in [-0.39, 0.29) is 18.3 Å². The molecule has 7 nitrogen and oxygen atoms in total. The number of carbonyl (C=O) groups is 1. The molecule has 1 aromatic heterocycles. The summed E-state index contributed by atoms with van der Waals surface area (Å²) in [6.45, 7) is 4.13. The molecule has 0 aliphatic carbocycles. The molecule has 1 N–H and O–H groups in total. The van der Waals surface area contributed by atoms with Crippen LogP contribution in [0.4, 0.5) is 5.69 Å². The molecule has 2 aromatic carbocycles. The number of allylic oxidation sites excluding steroid dienone is 2. The van der Waals surface area contributed by atoms with Gasteiger partial charge in [0, 0.05) is 46.8 Å². The van der Waals surface area contributed by atoms with E-state index in [1.807, 2.05) is 68.5 Å². The lowest BCUT2D eigenvalue weighted by molar-refractivity contribution is -0.384. The number of benzene rings is 2. The average molecular weight is 490 g/mol. The summed E-state index contributed by atoms with van der Waals surface area (Å²) in [6.07, 6.45) is 5.37. The smallest absolute Gasteiger partial charge is 0.312 e. The van der Waals surface area contributed by atoms with Gasteiger partial charge in [-0.1, -0.05) is 42.5 Å². The van der Waals surface area contributed by atoms with Crippen molar-refractivity contribution in [1.29, 1.82) is 0 Å². The van der Waals surface area contributed by atoms with Crippen LogP contribution in [0.1, 0.15) is 30.9 Å². The molecule has 0 saturated heterocycles. The Morgan fingerprint density at radius 2 is 1.97 bits per heavy atom. The number of nitro groups is 1. The zero-order chi connectivity index (χ0) is 24.8. The number of carbonyl (C=O) groups excluding carboxylic acids is 1. The van der Waals surface area contributed by atoms with Gasteiger partial charge in [-0.25, -0.2) is 0 Å². The summed E-state index contributed by atoms with van der Waals surface area (Å²) in [5.41, 5.74) is 1.56. The topological polar surface area (TPSA) is 94.4 Å². The Bertz CT molecular complexity index is 1220. The lowest BCUT2D eigenvalue weighted by Crippen LogP contribution is -2.53. The maximum absolute atomic E-state index is 13.7. The van der Waals surface area contributed by atoms with Crippen LogP contribution in [0.5, 0.6) is 0 Å². The second kappa shape index (κ2) is 10.7. The van der Waals surface area contributed by atoms with Gasteiger partial charge in [-0.2, -0.15) is 0 Å². The molecule has 1 aliphatic rings. The minimum Gasteiger partial charge on any atom is -0.464 e. The lowest BCUT2D eigenvalue weighted by Gasteiger charge is -2.45. The van der Waals surface area contributed by atoms with Crippen molar-refractivity contribution in [3.05, 3.63) is 112 Å². The first-order valence-corrected chi connectivity index (χ1v) is 12.3. The molecule has 0 saturated carbocycles. The maximum atomic E-state index is 13.7. The van der Waals surface area contributed by atoms with Gasteiger partial charge in [-0.3, -0.25) is 19.9 Å². The molecule has 35 heavy (non-hydrogen) atoms. The Morgan fingerprint density at radius 3 is 2.69 bits per heavy atom. The highest BCUT2D eigenvalue weighted by Gasteiger charge is 2.49. The SMILES string of the molecule is CC1=CC(c2cccc([N+](=O)[O-])c2)C(C(=O)OCCSc2ccccc2)C(C)(c2cccnc2)N1. The standard InChI is InChI=1S/C27H27N3O4S/c1-19-16-24(20-8-6-10-22(17-20)30(32)33)25(27(2,29-19)21-9-7-13-28-18-21)26(31)34-14-15-35-23-11-4-3-5-12-23/h3-13,16-18,24-25,29H,14-15H2,1-2H3. The highest BCUT2D eigenvalue weighted by Crippen LogP contribution is 2.45. The van der Waals surface area contributed by atoms with Crippen LogP contribution in [0.3, 0.4) is 0 Å². The molecule has 2 heterocycles. The van der Waals surface area contributed by atoms with E-state index in [2.05, 4.69) is 10.3 Å². The number of esters is 1. The number of nitrogens with one attached hydrogen (secondary N) is 1. The van der Waals surface area contributed by atoms with Gasteiger partial charge in [-0.15, -0.1) is 11.8 Å². The van der Waals surface area contributed by atoms with Crippen molar-refractivity contribution >= 4 is 23.4 Å². The molecule has 1 aliphatic heterocycles. The molecule has 0 fully saturated rings. The van der Waals surface area contributed by atoms with Crippen molar-refractivity contribution in [3.63, 3.8) is 0 Å². The van der Waals surface area contributed by atoms with Gasteiger partial charge >= 0.3 is 5.97 Å². The second-order valence-electron chi connectivity index (χ2n) is 8.60. The van der Waals surface area contributed by atoms with Crippen LogP contribution in [0.2, 0.25) is 0 Å². The van der Waals surface area contributed by atoms with Crippen LogP contribution in [-0.2, 0) is 15.1 Å². The third-order valence-electron chi connectivity index (χ3n) is 6.19. The van der Waals surface area contributed by atoms with Crippen molar-refractivity contribution in [2.75, 3.05) is 12.4 Å². The first-order chi connectivity index (χ1) is 16.9. The van der Waals surface area contributed by atoms with Crippen LogP contribution in [0, 0.1) is 16.0 Å². The summed E-state index contributed by atoms with van der Waals surface area (Å²) in [5, 5.41) is 14.9. The van der Waals surface area contributed by atoms with Gasteiger partial charge in [-0.05, 0) is 43.2 Å². The Hall–Kier alpha value is -3.65. The van der Waals surface area contributed by atoms with Gasteiger partial charge in [0.15, 0.2) is 0 Å². The minimum atomic E-state index is -0.827. The van der Waals surface area contributed by atoms with Gasteiger partial charge in [0.2, 0.25) is 0 Å². The fourth-order valence-electron chi connectivity index (χ4n) is 4.60. The second-order valence-corrected chi connectivity index (χ2v) is 9.77. The van der Waals surface area contributed by atoms with E-state index in [0.29, 0.717) is 11.3 Å². The number of rotatable bonds is 8. The van der Waals surface area contributed by atoms with E-state index in [1.165, 1.54) is 12.1 Å². The van der Waals surface area contributed by atoms with E-state index in [1.54, 1.807) is 30.2 Å². The third-order valence-corrected chi connectivity index (χ3v) is 7.16. The number of ether oxygens (including phenoxy) is 1. The molecule has 3 aromatic rings. The number of aromatic nitrogens is 1. The summed E-state index contributed by atoms with van der Waals surface area (Å²) in [7, 11) is 0. The molecule has 4 rings (SSSR count). The van der Waals surface area contributed by atoms with Gasteiger partial charge in [0.05, 0.1) is 16.4 Å². The summed E-state index contributed by atoms with van der Waals surface area (Å²) in [5.74, 6) is -0.830. The monoisotopic (exact) mass is 489 g/mol. The van der Waals surface area contributed by atoms with Crippen LogP contribution < -0.4 is 5.32 Å². The Morgan fingerprint density at radius 1 is 1.17 bits per heavy atom. The molecule has 8 heteroatoms. The van der Waals surface area contributed by atoms with E-state index >= 15 is 0 Å². The normalized spacial score (nSPS) is 21.5. The van der Waals surface area contributed by atoms with Crippen LogP contribution in [0.25, 0.3) is 0 Å². The molecule has 0 bridgehead atoms. The van der Waals surface area contributed by atoms with Crippen molar-refractivity contribution in [2.24, 2.45) is 5.92 Å². The van der Waals surface area contributed by atoms with Crippen LogP contribution >= 0.6 is 11.8 Å². The first-order valence-electron chi connectivity index (χ1n) is 11.3. The Balaban J connectivity index is 1.64. The van der Waals surface area contributed by atoms with Crippen molar-refractivity contribution in [1.82, 2.24) is 10.3 Å². The number of thioether (sulfide) groups is 1. The summed E-state index contributed by atoms with van der Waals surface area (Å²) in [4.78, 5) is 30.0. The molecular weight excluding hydrogens is 462 g/mol. The maximum Gasteiger partial charge on any atom is 0.312 e. The van der Waals surface area contributed by atoms with Crippen LogP contribution in [-0.4, -0.2) is 28.2 Å². The quantitative estimate of drug-likeness (QED) is 0.148. The Kier molecular flexibility index (Phi) is 7.51. The summed E-state index contributed by atoms with van der Waals surface area (Å²) < 4.78 is 5.80. The number of hydrogen-bond acceptors (Lipinski definition) is 7. The largest absolute Gasteiger partial charge is 0.464 e. The Labute approximate surface area is 208 Å².